The molecule has 152 valence electrons. The molecular weight excluding hydrogens is 378 g/mol. The minimum Gasteiger partial charge on any atom is -0.313 e. The van der Waals surface area contributed by atoms with Crippen molar-refractivity contribution in [3.63, 3.8) is 0 Å². The van der Waals surface area contributed by atoms with Crippen LogP contribution in [0, 0.1) is 0 Å². The zero-order valence-electron chi connectivity index (χ0n) is 17.5. The van der Waals surface area contributed by atoms with E-state index in [9.17, 15) is 0 Å². The van der Waals surface area contributed by atoms with Crippen LogP contribution in [0.1, 0.15) is 48.5 Å². The maximum atomic E-state index is 6.29. The van der Waals surface area contributed by atoms with Gasteiger partial charge < -0.3 is 27.1 Å². The molecule has 0 bridgehead atoms. The van der Waals surface area contributed by atoms with Crippen LogP contribution < -0.4 is 0 Å². The van der Waals surface area contributed by atoms with Crippen molar-refractivity contribution in [2.75, 3.05) is 33.0 Å². The van der Waals surface area contributed by atoms with Gasteiger partial charge in [0.25, 0.3) is 0 Å². The van der Waals surface area contributed by atoms with Gasteiger partial charge in [0.2, 0.25) is 0 Å². The number of rotatable bonds is 14. The fraction of sp³-hybridized carbons (Fsp3) is 1.00. The monoisotopic (exact) mass is 416 g/mol. The molecule has 25 heavy (non-hydrogen) atoms. The van der Waals surface area contributed by atoms with Crippen LogP contribution in [-0.2, 0) is 27.1 Å². The highest BCUT2D eigenvalue weighted by atomic mass is 31.2. The van der Waals surface area contributed by atoms with Gasteiger partial charge in [0.15, 0.2) is 0 Å². The summed E-state index contributed by atoms with van der Waals surface area (Å²) in [5, 5.41) is 0.139. The fourth-order valence-electron chi connectivity index (χ4n) is 1.72. The van der Waals surface area contributed by atoms with Gasteiger partial charge in [-0.3, -0.25) is 0 Å². The van der Waals surface area contributed by atoms with E-state index in [0.717, 1.165) is 0 Å². The van der Waals surface area contributed by atoms with Crippen LogP contribution in [0.2, 0.25) is 18.1 Å². The van der Waals surface area contributed by atoms with Crippen molar-refractivity contribution in [1.82, 2.24) is 0 Å². The Labute approximate surface area is 158 Å². The summed E-state index contributed by atoms with van der Waals surface area (Å²) in [5.74, 6) is 0. The predicted molar refractivity (Wildman–Crippen MR) is 108 cm³/mol. The molecule has 0 aliphatic carbocycles. The third-order valence-corrected chi connectivity index (χ3v) is 12.8. The molecule has 6 nitrogen and oxygen atoms in total. The lowest BCUT2D eigenvalue weighted by molar-refractivity contribution is 0.101. The van der Waals surface area contributed by atoms with Crippen molar-refractivity contribution < 1.29 is 27.1 Å². The summed E-state index contributed by atoms with van der Waals surface area (Å²) in [5.41, 5.74) is -0.0809. The molecule has 0 aliphatic heterocycles. The van der Waals surface area contributed by atoms with E-state index < -0.39 is 25.3 Å². The molecular formula is C16H38O6P2Si. The van der Waals surface area contributed by atoms with Crippen molar-refractivity contribution in [1.29, 1.82) is 0 Å². The summed E-state index contributed by atoms with van der Waals surface area (Å²) in [6, 6.07) is 0. The number of hydrogen-bond donors (Lipinski definition) is 0. The van der Waals surface area contributed by atoms with Crippen molar-refractivity contribution in [3.05, 3.63) is 0 Å². The Morgan fingerprint density at radius 2 is 1.12 bits per heavy atom. The average Bonchev–Trinajstić information content (AvgIpc) is 2.50. The van der Waals surface area contributed by atoms with E-state index in [1.165, 1.54) is 0 Å². The predicted octanol–water partition coefficient (Wildman–Crippen LogP) is 6.04. The second-order valence-corrected chi connectivity index (χ2v) is 15.0. The molecule has 1 atom stereocenters. The third kappa shape index (κ3) is 9.55. The minimum absolute atomic E-state index is 0.0809. The first kappa shape index (κ1) is 25.8. The Balaban J connectivity index is 5.17. The third-order valence-electron chi connectivity index (χ3n) is 4.22. The van der Waals surface area contributed by atoms with Crippen LogP contribution >= 0.6 is 17.2 Å². The van der Waals surface area contributed by atoms with Crippen LogP contribution in [0.3, 0.4) is 0 Å². The molecule has 0 amide bonds. The van der Waals surface area contributed by atoms with E-state index in [1.54, 1.807) is 0 Å². The van der Waals surface area contributed by atoms with Crippen LogP contribution in [0.15, 0.2) is 0 Å². The minimum atomic E-state index is -1.86. The Kier molecular flexibility index (Phi) is 13.5. The van der Waals surface area contributed by atoms with Crippen LogP contribution in [-0.4, -0.2) is 46.8 Å². The number of hydrogen-bond acceptors (Lipinski definition) is 6. The van der Waals surface area contributed by atoms with Gasteiger partial charge in [-0.05, 0) is 32.7 Å². The average molecular weight is 417 g/mol. The van der Waals surface area contributed by atoms with Crippen LogP contribution in [0.5, 0.6) is 0 Å². The fourth-order valence-corrected chi connectivity index (χ4v) is 6.42. The molecule has 0 aromatic carbocycles. The lowest BCUT2D eigenvalue weighted by Crippen LogP contribution is -2.52. The second-order valence-electron chi connectivity index (χ2n) is 6.98. The van der Waals surface area contributed by atoms with E-state index in [4.69, 9.17) is 27.1 Å². The van der Waals surface area contributed by atoms with E-state index in [0.29, 0.717) is 33.0 Å². The SMILES string of the molecule is CCOP(OCC)OCC(OP(OCC)OCC)[Si](C)(C)C(C)(C)C. The Hall–Kier alpha value is 0.837. The van der Waals surface area contributed by atoms with Gasteiger partial charge in [-0.1, -0.05) is 33.9 Å². The first-order chi connectivity index (χ1) is 11.6. The van der Waals surface area contributed by atoms with Crippen LogP contribution in [0.4, 0.5) is 0 Å². The van der Waals surface area contributed by atoms with Crippen molar-refractivity contribution in [2.45, 2.75) is 72.3 Å². The highest BCUT2D eigenvalue weighted by Gasteiger charge is 2.45. The zero-order chi connectivity index (χ0) is 19.5. The largest absolute Gasteiger partial charge is 0.332 e. The molecule has 0 N–H and O–H groups in total. The summed E-state index contributed by atoms with van der Waals surface area (Å²) in [6.07, 6.45) is 0. The molecule has 0 fully saturated rings. The maximum absolute atomic E-state index is 6.29. The van der Waals surface area contributed by atoms with Gasteiger partial charge in [-0.15, -0.1) is 0 Å². The molecule has 0 radical (unpaired) electrons. The summed E-state index contributed by atoms with van der Waals surface area (Å²) in [4.78, 5) is 0. The van der Waals surface area contributed by atoms with E-state index >= 15 is 0 Å². The van der Waals surface area contributed by atoms with Gasteiger partial charge in [-0.25, -0.2) is 0 Å². The molecule has 0 aromatic rings. The maximum Gasteiger partial charge on any atom is 0.332 e. The van der Waals surface area contributed by atoms with Crippen LogP contribution in [0.25, 0.3) is 0 Å². The lowest BCUT2D eigenvalue weighted by Gasteiger charge is -2.43. The molecule has 0 saturated heterocycles. The molecule has 0 aliphatic rings. The normalized spacial score (nSPS) is 14.5. The van der Waals surface area contributed by atoms with Gasteiger partial charge in [-0.2, -0.15) is 0 Å². The first-order valence-electron chi connectivity index (χ1n) is 9.05. The van der Waals surface area contributed by atoms with Gasteiger partial charge in [0, 0.05) is 0 Å². The summed E-state index contributed by atoms with van der Waals surface area (Å²) in [7, 11) is -4.59. The first-order valence-corrected chi connectivity index (χ1v) is 14.3. The Bertz CT molecular complexity index is 329. The molecule has 0 saturated carbocycles. The molecule has 0 spiro atoms. The molecule has 0 rings (SSSR count). The zero-order valence-corrected chi connectivity index (χ0v) is 20.2. The Morgan fingerprint density at radius 3 is 1.48 bits per heavy atom. The second kappa shape index (κ2) is 13.1. The van der Waals surface area contributed by atoms with Gasteiger partial charge >= 0.3 is 17.2 Å². The summed E-state index contributed by atoms with van der Waals surface area (Å²) < 4.78 is 34.7. The Morgan fingerprint density at radius 1 is 0.720 bits per heavy atom. The molecule has 1 unspecified atom stereocenters. The highest BCUT2D eigenvalue weighted by Crippen LogP contribution is 2.48. The van der Waals surface area contributed by atoms with Crippen molar-refractivity contribution in [2.24, 2.45) is 0 Å². The quantitative estimate of drug-likeness (QED) is 0.254. The van der Waals surface area contributed by atoms with E-state index in [1.807, 2.05) is 27.7 Å². The van der Waals surface area contributed by atoms with E-state index in [2.05, 4.69) is 33.9 Å². The van der Waals surface area contributed by atoms with Gasteiger partial charge in [0.1, 0.15) is 0 Å². The molecule has 9 heteroatoms. The van der Waals surface area contributed by atoms with Gasteiger partial charge in [0.05, 0.1) is 46.8 Å². The summed E-state index contributed by atoms with van der Waals surface area (Å²) in [6.45, 7) is 21.8. The topological polar surface area (TPSA) is 55.4 Å². The smallest absolute Gasteiger partial charge is 0.313 e. The van der Waals surface area contributed by atoms with E-state index in [-0.39, 0.29) is 10.8 Å². The van der Waals surface area contributed by atoms with Crippen molar-refractivity contribution >= 4 is 25.3 Å². The molecule has 0 heterocycles. The standard InChI is InChI=1S/C16H38O6P2Si/c1-10-17-23(18-11-2)21-14-15(25(8,9)16(5,6)7)22-24(19-12-3)20-13-4/h15H,10-14H2,1-9H3. The van der Waals surface area contributed by atoms with Crippen molar-refractivity contribution in [3.8, 4) is 0 Å². The highest BCUT2D eigenvalue weighted by molar-refractivity contribution is 7.42. The lowest BCUT2D eigenvalue weighted by atomic mass is 10.2. The summed E-state index contributed by atoms with van der Waals surface area (Å²) >= 11 is 0. The molecule has 0 aromatic heterocycles.